The summed E-state index contributed by atoms with van der Waals surface area (Å²) in [4.78, 5) is 12.1. The molecule has 1 aromatic rings. The minimum absolute atomic E-state index is 0.226. The van der Waals surface area contributed by atoms with Gasteiger partial charge in [0.2, 0.25) is 12.1 Å². The third-order valence-corrected chi connectivity index (χ3v) is 2.56. The molecule has 0 aromatic carbocycles. The van der Waals surface area contributed by atoms with E-state index in [9.17, 15) is 4.79 Å². The summed E-state index contributed by atoms with van der Waals surface area (Å²) >= 11 is 3.27. The normalized spacial score (nSPS) is 11.1. The molecule has 1 rings (SSSR count). The third kappa shape index (κ3) is 2.90. The zero-order valence-electron chi connectivity index (χ0n) is 9.57. The molecule has 0 N–H and O–H groups in total. The van der Waals surface area contributed by atoms with E-state index in [1.807, 2.05) is 13.8 Å². The number of halogens is 1. The average molecular weight is 291 g/mol. The molecule has 90 valence electrons. The van der Waals surface area contributed by atoms with Gasteiger partial charge in [0.25, 0.3) is 0 Å². The number of carbonyl (C=O) groups is 1. The van der Waals surface area contributed by atoms with Crippen LogP contribution < -0.4 is 0 Å². The number of aromatic nitrogens is 2. The van der Waals surface area contributed by atoms with Crippen molar-refractivity contribution in [1.29, 1.82) is 0 Å². The maximum atomic E-state index is 12.1. The monoisotopic (exact) mass is 290 g/mol. The van der Waals surface area contributed by atoms with E-state index in [0.29, 0.717) is 23.4 Å². The second-order valence-corrected chi connectivity index (χ2v) is 3.93. The number of hydrogen-bond donors (Lipinski definition) is 0. The van der Waals surface area contributed by atoms with Crippen molar-refractivity contribution in [2.45, 2.75) is 20.1 Å². The highest BCUT2D eigenvalue weighted by Gasteiger charge is 2.25. The topological polar surface area (TPSA) is 53.4 Å². The summed E-state index contributed by atoms with van der Waals surface area (Å²) in [6, 6.07) is 0. The fraction of sp³-hybridized carbons (Fsp3) is 0.600. The van der Waals surface area contributed by atoms with Gasteiger partial charge in [-0.3, -0.25) is 9.48 Å². The summed E-state index contributed by atoms with van der Waals surface area (Å²) in [6.45, 7) is 4.48. The third-order valence-electron chi connectivity index (χ3n) is 1.98. The van der Waals surface area contributed by atoms with Crippen molar-refractivity contribution in [3.63, 3.8) is 0 Å². The molecule has 6 heteroatoms. The molecule has 0 fully saturated rings. The first kappa shape index (κ1) is 13.3. The van der Waals surface area contributed by atoms with Crippen molar-refractivity contribution in [3.8, 4) is 0 Å². The van der Waals surface area contributed by atoms with Crippen LogP contribution in [-0.2, 0) is 16.5 Å². The number of rotatable bonds is 6. The van der Waals surface area contributed by atoms with E-state index in [1.165, 1.54) is 4.68 Å². The first-order chi connectivity index (χ1) is 7.61. The molecule has 5 nitrogen and oxygen atoms in total. The van der Waals surface area contributed by atoms with Crippen LogP contribution >= 0.6 is 15.9 Å². The van der Waals surface area contributed by atoms with Crippen molar-refractivity contribution in [2.75, 3.05) is 13.2 Å². The molecule has 0 aliphatic heterocycles. The van der Waals surface area contributed by atoms with E-state index in [4.69, 9.17) is 9.47 Å². The molecule has 0 aliphatic carbocycles. The van der Waals surface area contributed by atoms with Crippen LogP contribution in [0.1, 0.15) is 24.3 Å². The minimum atomic E-state index is -0.860. The van der Waals surface area contributed by atoms with Gasteiger partial charge in [-0.05, 0) is 29.8 Å². The molecule has 0 atom stereocenters. The zero-order valence-corrected chi connectivity index (χ0v) is 11.2. The lowest BCUT2D eigenvalue weighted by Gasteiger charge is -2.15. The molecule has 16 heavy (non-hydrogen) atoms. The van der Waals surface area contributed by atoms with Crippen LogP contribution in [0.2, 0.25) is 0 Å². The van der Waals surface area contributed by atoms with E-state index in [2.05, 4.69) is 21.0 Å². The van der Waals surface area contributed by atoms with Gasteiger partial charge in [0.1, 0.15) is 5.69 Å². The molecule has 0 saturated carbocycles. The molecule has 0 radical (unpaired) electrons. The van der Waals surface area contributed by atoms with Gasteiger partial charge in [-0.15, -0.1) is 0 Å². The van der Waals surface area contributed by atoms with Crippen LogP contribution in [0.5, 0.6) is 0 Å². The van der Waals surface area contributed by atoms with Crippen LogP contribution in [-0.4, -0.2) is 35.1 Å². The highest BCUT2D eigenvalue weighted by atomic mass is 79.9. The lowest BCUT2D eigenvalue weighted by Crippen LogP contribution is -2.29. The van der Waals surface area contributed by atoms with Gasteiger partial charge >= 0.3 is 0 Å². The fourth-order valence-electron chi connectivity index (χ4n) is 1.30. The molecular formula is C10H15BrN2O3. The van der Waals surface area contributed by atoms with Crippen LogP contribution in [0.4, 0.5) is 0 Å². The van der Waals surface area contributed by atoms with Crippen LogP contribution in [0.15, 0.2) is 10.7 Å². The second kappa shape index (κ2) is 6.12. The summed E-state index contributed by atoms with van der Waals surface area (Å²) in [6.07, 6.45) is 0.712. The lowest BCUT2D eigenvalue weighted by molar-refractivity contribution is -0.107. The Morgan fingerprint density at radius 2 is 2.06 bits per heavy atom. The number of Topliss-reactive ketones (excluding diaryl/α,β-unsaturated/α-hetero) is 1. The highest BCUT2D eigenvalue weighted by molar-refractivity contribution is 9.10. The molecular weight excluding hydrogens is 276 g/mol. The largest absolute Gasteiger partial charge is 0.346 e. The van der Waals surface area contributed by atoms with Gasteiger partial charge in [0, 0.05) is 20.3 Å². The van der Waals surface area contributed by atoms with Gasteiger partial charge < -0.3 is 9.47 Å². The second-order valence-electron chi connectivity index (χ2n) is 3.07. The van der Waals surface area contributed by atoms with Gasteiger partial charge in [-0.2, -0.15) is 5.10 Å². The van der Waals surface area contributed by atoms with Gasteiger partial charge in [0.05, 0.1) is 10.7 Å². The number of carbonyl (C=O) groups excluding carboxylic acids is 1. The summed E-state index contributed by atoms with van der Waals surface area (Å²) in [5, 5.41) is 3.98. The molecule has 0 spiro atoms. The molecule has 1 aromatic heterocycles. The number of nitrogens with zero attached hydrogens (tertiary/aromatic N) is 2. The minimum Gasteiger partial charge on any atom is -0.346 e. The van der Waals surface area contributed by atoms with Gasteiger partial charge in [-0.25, -0.2) is 0 Å². The Hall–Kier alpha value is -0.720. The van der Waals surface area contributed by atoms with E-state index >= 15 is 0 Å². The predicted octanol–water partition coefficient (Wildman–Crippen LogP) is 1.76. The smallest absolute Gasteiger partial charge is 0.237 e. The SMILES string of the molecule is CCOC(OCC)C(=O)c1c(Br)cnn1C. The van der Waals surface area contributed by atoms with Crippen molar-refractivity contribution in [3.05, 3.63) is 16.4 Å². The van der Waals surface area contributed by atoms with Gasteiger partial charge in [-0.1, -0.05) is 0 Å². The fourth-order valence-corrected chi connectivity index (χ4v) is 1.85. The number of ether oxygens (including phenoxy) is 2. The van der Waals surface area contributed by atoms with Crippen molar-refractivity contribution >= 4 is 21.7 Å². The Bertz CT molecular complexity index is 339. The Kier molecular flexibility index (Phi) is 5.11. The summed E-state index contributed by atoms with van der Waals surface area (Å²) in [5.74, 6) is -0.226. The standard InChI is InChI=1S/C10H15BrN2O3/c1-4-15-10(16-5-2)9(14)8-7(11)6-12-13(8)3/h6,10H,4-5H2,1-3H3. The van der Waals surface area contributed by atoms with Crippen LogP contribution in [0.25, 0.3) is 0 Å². The summed E-state index contributed by atoms with van der Waals surface area (Å²) in [7, 11) is 1.70. The summed E-state index contributed by atoms with van der Waals surface area (Å²) in [5.41, 5.74) is 0.451. The highest BCUT2D eigenvalue weighted by Crippen LogP contribution is 2.18. The Morgan fingerprint density at radius 3 is 2.44 bits per heavy atom. The Morgan fingerprint density at radius 1 is 1.50 bits per heavy atom. The van der Waals surface area contributed by atoms with E-state index in [-0.39, 0.29) is 5.78 Å². The number of hydrogen-bond acceptors (Lipinski definition) is 4. The molecule has 0 aliphatic rings. The lowest BCUT2D eigenvalue weighted by atomic mass is 10.2. The molecule has 0 amide bonds. The first-order valence-corrected chi connectivity index (χ1v) is 5.86. The van der Waals surface area contributed by atoms with Gasteiger partial charge in [0.15, 0.2) is 0 Å². The van der Waals surface area contributed by atoms with Crippen LogP contribution in [0, 0.1) is 0 Å². The maximum Gasteiger partial charge on any atom is 0.237 e. The maximum absolute atomic E-state index is 12.1. The summed E-state index contributed by atoms with van der Waals surface area (Å²) < 4.78 is 12.6. The molecule has 0 unspecified atom stereocenters. The van der Waals surface area contributed by atoms with Crippen molar-refractivity contribution in [2.24, 2.45) is 7.05 Å². The quantitative estimate of drug-likeness (QED) is 0.592. The Labute approximate surface area is 103 Å². The van der Waals surface area contributed by atoms with E-state index in [0.717, 1.165) is 0 Å². The first-order valence-electron chi connectivity index (χ1n) is 5.06. The van der Waals surface area contributed by atoms with Crippen molar-refractivity contribution in [1.82, 2.24) is 9.78 Å². The number of aryl methyl sites for hydroxylation is 1. The van der Waals surface area contributed by atoms with Crippen molar-refractivity contribution < 1.29 is 14.3 Å². The molecule has 0 saturated heterocycles. The van der Waals surface area contributed by atoms with E-state index in [1.54, 1.807) is 13.2 Å². The van der Waals surface area contributed by atoms with Crippen LogP contribution in [0.3, 0.4) is 0 Å². The van der Waals surface area contributed by atoms with E-state index < -0.39 is 6.29 Å². The molecule has 1 heterocycles. The zero-order chi connectivity index (χ0) is 12.1. The Balaban J connectivity index is 2.89. The molecule has 0 bridgehead atoms. The number of ketones is 1. The predicted molar refractivity (Wildman–Crippen MR) is 62.3 cm³/mol. The average Bonchev–Trinajstić information content (AvgIpc) is 2.57.